The molecule has 3 atom stereocenters. The summed E-state index contributed by atoms with van der Waals surface area (Å²) in [6.45, 7) is 3.65. The first-order valence-electron chi connectivity index (χ1n) is 10.8. The molecule has 0 aliphatic carbocycles. The van der Waals surface area contributed by atoms with Crippen LogP contribution in [0.5, 0.6) is 5.75 Å². The molecule has 162 valence electrons. The fourth-order valence-electron chi connectivity index (χ4n) is 4.07. The van der Waals surface area contributed by atoms with Gasteiger partial charge in [0.15, 0.2) is 0 Å². The summed E-state index contributed by atoms with van der Waals surface area (Å²) >= 11 is 0. The molecule has 1 aromatic heterocycles. The van der Waals surface area contributed by atoms with Crippen LogP contribution in [0.4, 0.5) is 5.69 Å². The third-order valence-electron chi connectivity index (χ3n) is 5.86. The van der Waals surface area contributed by atoms with Gasteiger partial charge in [-0.25, -0.2) is 4.68 Å². The van der Waals surface area contributed by atoms with Crippen molar-refractivity contribution < 1.29 is 9.90 Å². The SMILES string of the molecule is Cc1cn(C(C)C(=O)Nc2ccc(C[C@@H]3CC[C@H](Cc4ccc(O)cc4)N3)cc2)nn1. The Kier molecular flexibility index (Phi) is 6.32. The number of aromatic hydroxyl groups is 1. The van der Waals surface area contributed by atoms with Crippen molar-refractivity contribution in [2.45, 2.75) is 57.7 Å². The quantitative estimate of drug-likeness (QED) is 0.546. The monoisotopic (exact) mass is 419 g/mol. The maximum absolute atomic E-state index is 12.5. The molecular weight excluding hydrogens is 390 g/mol. The summed E-state index contributed by atoms with van der Waals surface area (Å²) in [6.07, 6.45) is 6.01. The second-order valence-electron chi connectivity index (χ2n) is 8.41. The van der Waals surface area contributed by atoms with Gasteiger partial charge in [-0.3, -0.25) is 4.79 Å². The van der Waals surface area contributed by atoms with E-state index in [1.54, 1.807) is 29.9 Å². The fourth-order valence-corrected chi connectivity index (χ4v) is 4.07. The predicted molar refractivity (Wildman–Crippen MR) is 120 cm³/mol. The summed E-state index contributed by atoms with van der Waals surface area (Å²) < 4.78 is 1.57. The average molecular weight is 420 g/mol. The van der Waals surface area contributed by atoms with Crippen molar-refractivity contribution >= 4 is 11.6 Å². The molecule has 1 aliphatic heterocycles. The van der Waals surface area contributed by atoms with E-state index in [2.05, 4.69) is 33.1 Å². The van der Waals surface area contributed by atoms with Gasteiger partial charge in [0.2, 0.25) is 5.91 Å². The number of carbonyl (C=O) groups is 1. The number of phenols is 1. The molecule has 0 bridgehead atoms. The van der Waals surface area contributed by atoms with Crippen molar-refractivity contribution in [3.05, 3.63) is 71.5 Å². The van der Waals surface area contributed by atoms with Crippen molar-refractivity contribution in [1.82, 2.24) is 20.3 Å². The minimum absolute atomic E-state index is 0.118. The molecule has 0 spiro atoms. The minimum Gasteiger partial charge on any atom is -0.508 e. The van der Waals surface area contributed by atoms with E-state index in [-0.39, 0.29) is 5.91 Å². The van der Waals surface area contributed by atoms with Gasteiger partial charge in [-0.15, -0.1) is 5.10 Å². The summed E-state index contributed by atoms with van der Waals surface area (Å²) in [5, 5.41) is 24.0. The van der Waals surface area contributed by atoms with E-state index in [0.29, 0.717) is 17.8 Å². The van der Waals surface area contributed by atoms with Crippen molar-refractivity contribution in [3.8, 4) is 5.75 Å². The number of phenolic OH excluding ortho intramolecular Hbond substituents is 1. The highest BCUT2D eigenvalue weighted by molar-refractivity contribution is 5.93. The summed E-state index contributed by atoms with van der Waals surface area (Å²) in [7, 11) is 0. The van der Waals surface area contributed by atoms with Gasteiger partial charge < -0.3 is 15.7 Å². The Balaban J connectivity index is 1.26. The van der Waals surface area contributed by atoms with Gasteiger partial charge in [-0.1, -0.05) is 29.5 Å². The number of aromatic nitrogens is 3. The van der Waals surface area contributed by atoms with Crippen LogP contribution >= 0.6 is 0 Å². The molecule has 1 unspecified atom stereocenters. The molecule has 7 nitrogen and oxygen atoms in total. The Morgan fingerprint density at radius 3 is 2.23 bits per heavy atom. The molecule has 1 aliphatic rings. The van der Waals surface area contributed by atoms with Crippen LogP contribution in [0.3, 0.4) is 0 Å². The van der Waals surface area contributed by atoms with Crippen molar-refractivity contribution in [3.63, 3.8) is 0 Å². The maximum atomic E-state index is 12.5. The Labute approximate surface area is 182 Å². The zero-order valence-electron chi connectivity index (χ0n) is 18.0. The number of anilines is 1. The van der Waals surface area contributed by atoms with Crippen LogP contribution in [0.1, 0.15) is 42.6 Å². The average Bonchev–Trinajstić information content (AvgIpc) is 3.39. The molecule has 0 saturated carbocycles. The van der Waals surface area contributed by atoms with Crippen molar-refractivity contribution in [2.75, 3.05) is 5.32 Å². The molecule has 1 saturated heterocycles. The molecule has 7 heteroatoms. The van der Waals surface area contributed by atoms with Crippen LogP contribution in [0.2, 0.25) is 0 Å². The lowest BCUT2D eigenvalue weighted by molar-refractivity contribution is -0.119. The minimum atomic E-state index is -0.422. The van der Waals surface area contributed by atoms with Crippen LogP contribution < -0.4 is 10.6 Å². The van der Waals surface area contributed by atoms with Gasteiger partial charge in [0.25, 0.3) is 0 Å². The topological polar surface area (TPSA) is 92.1 Å². The highest BCUT2D eigenvalue weighted by Gasteiger charge is 2.24. The Morgan fingerprint density at radius 2 is 1.68 bits per heavy atom. The molecule has 2 aromatic carbocycles. The van der Waals surface area contributed by atoms with E-state index in [0.717, 1.165) is 37.1 Å². The zero-order valence-corrected chi connectivity index (χ0v) is 18.0. The van der Waals surface area contributed by atoms with Crippen LogP contribution in [-0.4, -0.2) is 38.1 Å². The summed E-state index contributed by atoms with van der Waals surface area (Å²) in [6, 6.07) is 16.0. The van der Waals surface area contributed by atoms with E-state index in [1.807, 2.05) is 31.2 Å². The number of aryl methyl sites for hydroxylation is 1. The molecule has 0 radical (unpaired) electrons. The molecule has 3 aromatic rings. The Bertz CT molecular complexity index is 1010. The van der Waals surface area contributed by atoms with E-state index in [1.165, 1.54) is 11.1 Å². The Morgan fingerprint density at radius 1 is 1.10 bits per heavy atom. The van der Waals surface area contributed by atoms with Crippen LogP contribution in [0.25, 0.3) is 0 Å². The highest BCUT2D eigenvalue weighted by Crippen LogP contribution is 2.21. The largest absolute Gasteiger partial charge is 0.508 e. The lowest BCUT2D eigenvalue weighted by Gasteiger charge is -2.15. The second kappa shape index (κ2) is 9.31. The molecule has 1 fully saturated rings. The number of nitrogens with one attached hydrogen (secondary N) is 2. The number of hydrogen-bond donors (Lipinski definition) is 3. The number of rotatable bonds is 7. The summed E-state index contributed by atoms with van der Waals surface area (Å²) in [4.78, 5) is 12.5. The van der Waals surface area contributed by atoms with E-state index in [9.17, 15) is 9.90 Å². The number of amides is 1. The van der Waals surface area contributed by atoms with E-state index >= 15 is 0 Å². The van der Waals surface area contributed by atoms with Gasteiger partial charge in [-0.2, -0.15) is 0 Å². The van der Waals surface area contributed by atoms with Crippen molar-refractivity contribution in [2.24, 2.45) is 0 Å². The first-order chi connectivity index (χ1) is 15.0. The highest BCUT2D eigenvalue weighted by atomic mass is 16.3. The van der Waals surface area contributed by atoms with E-state index in [4.69, 9.17) is 0 Å². The Hall–Kier alpha value is -3.19. The normalized spacial score (nSPS) is 19.3. The third-order valence-corrected chi connectivity index (χ3v) is 5.86. The molecule has 1 amide bonds. The van der Waals surface area contributed by atoms with Gasteiger partial charge >= 0.3 is 0 Å². The van der Waals surface area contributed by atoms with Crippen LogP contribution in [0, 0.1) is 6.92 Å². The maximum Gasteiger partial charge on any atom is 0.249 e. The van der Waals surface area contributed by atoms with E-state index < -0.39 is 6.04 Å². The van der Waals surface area contributed by atoms with Gasteiger partial charge in [-0.05, 0) is 74.9 Å². The predicted octanol–water partition coefficient (Wildman–Crippen LogP) is 3.40. The van der Waals surface area contributed by atoms with Crippen LogP contribution in [0.15, 0.2) is 54.7 Å². The smallest absolute Gasteiger partial charge is 0.249 e. The molecule has 4 rings (SSSR count). The fraction of sp³-hybridized carbons (Fsp3) is 0.375. The molecular formula is C24H29N5O2. The van der Waals surface area contributed by atoms with Crippen molar-refractivity contribution in [1.29, 1.82) is 0 Å². The van der Waals surface area contributed by atoms with Gasteiger partial charge in [0, 0.05) is 24.0 Å². The number of carbonyl (C=O) groups excluding carboxylic acids is 1. The summed E-state index contributed by atoms with van der Waals surface area (Å²) in [5.74, 6) is 0.191. The molecule has 31 heavy (non-hydrogen) atoms. The van der Waals surface area contributed by atoms with Crippen LogP contribution in [-0.2, 0) is 17.6 Å². The molecule has 3 N–H and O–H groups in total. The number of nitrogens with zero attached hydrogens (tertiary/aromatic N) is 3. The zero-order chi connectivity index (χ0) is 21.8. The lowest BCUT2D eigenvalue weighted by Crippen LogP contribution is -2.32. The second-order valence-corrected chi connectivity index (χ2v) is 8.41. The number of benzene rings is 2. The van der Waals surface area contributed by atoms with Gasteiger partial charge in [0.1, 0.15) is 11.8 Å². The van der Waals surface area contributed by atoms with Gasteiger partial charge in [0.05, 0.1) is 5.69 Å². The first kappa shape index (κ1) is 21.1. The lowest BCUT2D eigenvalue weighted by atomic mass is 10.0. The number of hydrogen-bond acceptors (Lipinski definition) is 5. The third kappa shape index (κ3) is 5.49. The summed E-state index contributed by atoms with van der Waals surface area (Å²) in [5.41, 5.74) is 4.06. The standard InChI is InChI=1S/C24H29N5O2/c1-16-15-29(28-27-16)17(2)24(31)26-20-7-3-18(4-8-20)13-21-9-10-22(25-21)14-19-5-11-23(30)12-6-19/h3-8,11-12,15,17,21-22,25,30H,9-10,13-14H2,1-2H3,(H,26,31)/t17?,21-,22+/m0/s1. The first-order valence-corrected chi connectivity index (χ1v) is 10.8. The molecule has 2 heterocycles.